The van der Waals surface area contributed by atoms with Crippen molar-refractivity contribution in [1.29, 1.82) is 0 Å². The number of carbonyl (C=O) groups excluding carboxylic acids is 1. The van der Waals surface area contributed by atoms with Crippen LogP contribution in [-0.4, -0.2) is 20.4 Å². The summed E-state index contributed by atoms with van der Waals surface area (Å²) >= 11 is 0. The molecule has 5 nitrogen and oxygen atoms in total. The third kappa shape index (κ3) is 3.09. The minimum atomic E-state index is -4.17. The summed E-state index contributed by atoms with van der Waals surface area (Å²) < 4.78 is 54.3. The van der Waals surface area contributed by atoms with Gasteiger partial charge in [0.1, 0.15) is 17.3 Å². The van der Waals surface area contributed by atoms with E-state index >= 15 is 0 Å². The molecule has 0 bridgehead atoms. The number of hydrogen-bond acceptors (Lipinski definition) is 3. The molecule has 8 heteroatoms. The lowest BCUT2D eigenvalue weighted by Crippen LogP contribution is -2.33. The van der Waals surface area contributed by atoms with E-state index in [0.717, 1.165) is 18.2 Å². The maximum Gasteiger partial charge on any atom is 0.262 e. The second-order valence-electron chi connectivity index (χ2n) is 5.93. The lowest BCUT2D eigenvalue weighted by atomic mass is 10.1. The quantitative estimate of drug-likeness (QED) is 0.908. The van der Waals surface area contributed by atoms with Gasteiger partial charge in [0.25, 0.3) is 10.0 Å². The minimum absolute atomic E-state index is 0.0811. The summed E-state index contributed by atoms with van der Waals surface area (Å²) in [7, 11) is -4.17. The molecule has 1 amide bonds. The molecule has 1 unspecified atom stereocenters. The second kappa shape index (κ2) is 6.11. The van der Waals surface area contributed by atoms with E-state index < -0.39 is 27.3 Å². The van der Waals surface area contributed by atoms with Crippen LogP contribution in [0.15, 0.2) is 41.3 Å². The van der Waals surface area contributed by atoms with Crippen molar-refractivity contribution >= 4 is 27.3 Å². The molecule has 0 saturated heterocycles. The standard InChI is InChI=1S/C17H16F2N2O3S/c1-10-8-12-9-13(6-7-16(12)21(10)11(2)22)25(23,24)20-17-14(18)4-3-5-15(17)19/h3-7,9-10,20H,8H2,1-2H3. The van der Waals surface area contributed by atoms with Crippen LogP contribution in [0.4, 0.5) is 20.2 Å². The maximum absolute atomic E-state index is 13.7. The van der Waals surface area contributed by atoms with Crippen LogP contribution in [-0.2, 0) is 21.2 Å². The van der Waals surface area contributed by atoms with E-state index in [0.29, 0.717) is 17.7 Å². The molecule has 0 spiro atoms. The van der Waals surface area contributed by atoms with Gasteiger partial charge in [0.2, 0.25) is 5.91 Å². The Bertz CT molecular complexity index is 940. The lowest BCUT2D eigenvalue weighted by molar-refractivity contribution is -0.116. The van der Waals surface area contributed by atoms with E-state index in [-0.39, 0.29) is 16.8 Å². The van der Waals surface area contributed by atoms with Crippen molar-refractivity contribution in [3.05, 3.63) is 53.6 Å². The highest BCUT2D eigenvalue weighted by Crippen LogP contribution is 2.34. The number of hydrogen-bond donors (Lipinski definition) is 1. The molecule has 0 aromatic heterocycles. The molecule has 25 heavy (non-hydrogen) atoms. The van der Waals surface area contributed by atoms with Crippen molar-refractivity contribution in [2.45, 2.75) is 31.2 Å². The number of halogens is 2. The molecule has 0 aliphatic carbocycles. The van der Waals surface area contributed by atoms with Gasteiger partial charge in [-0.1, -0.05) is 6.07 Å². The molecular weight excluding hydrogens is 350 g/mol. The molecule has 1 aliphatic rings. The Labute approximate surface area is 144 Å². The Morgan fingerprint density at radius 1 is 1.20 bits per heavy atom. The summed E-state index contributed by atoms with van der Waals surface area (Å²) in [5.74, 6) is -2.13. The zero-order chi connectivity index (χ0) is 18.4. The monoisotopic (exact) mass is 366 g/mol. The number of benzene rings is 2. The predicted octanol–water partition coefficient (Wildman–Crippen LogP) is 3.06. The largest absolute Gasteiger partial charge is 0.309 e. The Morgan fingerprint density at radius 2 is 1.84 bits per heavy atom. The van der Waals surface area contributed by atoms with Crippen LogP contribution < -0.4 is 9.62 Å². The Morgan fingerprint density at radius 3 is 2.44 bits per heavy atom. The summed E-state index contributed by atoms with van der Waals surface area (Å²) in [6.45, 7) is 3.31. The normalized spacial score (nSPS) is 16.6. The number of rotatable bonds is 3. The molecular formula is C17H16F2N2O3S. The first kappa shape index (κ1) is 17.3. The minimum Gasteiger partial charge on any atom is -0.309 e. The van der Waals surface area contributed by atoms with Crippen molar-refractivity contribution in [2.75, 3.05) is 9.62 Å². The van der Waals surface area contributed by atoms with E-state index in [1.807, 2.05) is 11.6 Å². The molecule has 132 valence electrons. The van der Waals surface area contributed by atoms with E-state index in [1.54, 1.807) is 4.90 Å². The number of amides is 1. The summed E-state index contributed by atoms with van der Waals surface area (Å²) in [5.41, 5.74) is 0.623. The van der Waals surface area contributed by atoms with Crippen molar-refractivity contribution in [1.82, 2.24) is 0 Å². The Hall–Kier alpha value is -2.48. The zero-order valence-corrected chi connectivity index (χ0v) is 14.4. The van der Waals surface area contributed by atoms with Crippen molar-refractivity contribution < 1.29 is 22.0 Å². The summed E-state index contributed by atoms with van der Waals surface area (Å²) in [6, 6.07) is 7.28. The zero-order valence-electron chi connectivity index (χ0n) is 13.6. The fourth-order valence-electron chi connectivity index (χ4n) is 3.04. The average Bonchev–Trinajstić information content (AvgIpc) is 2.86. The smallest absolute Gasteiger partial charge is 0.262 e. The van der Waals surface area contributed by atoms with Gasteiger partial charge < -0.3 is 4.90 Å². The third-order valence-corrected chi connectivity index (χ3v) is 5.46. The third-order valence-electron chi connectivity index (χ3n) is 4.12. The SMILES string of the molecule is CC(=O)N1c2ccc(S(=O)(=O)Nc3c(F)cccc3F)cc2CC1C. The molecule has 1 N–H and O–H groups in total. The van der Waals surface area contributed by atoms with E-state index in [2.05, 4.69) is 0 Å². The summed E-state index contributed by atoms with van der Waals surface area (Å²) in [6.07, 6.45) is 0.506. The number of carbonyl (C=O) groups is 1. The van der Waals surface area contributed by atoms with Gasteiger partial charge in [0.15, 0.2) is 0 Å². The lowest BCUT2D eigenvalue weighted by Gasteiger charge is -2.20. The highest BCUT2D eigenvalue weighted by Gasteiger charge is 2.30. The van der Waals surface area contributed by atoms with E-state index in [1.165, 1.54) is 25.1 Å². The van der Waals surface area contributed by atoms with Crippen molar-refractivity contribution in [3.63, 3.8) is 0 Å². The van der Waals surface area contributed by atoms with Crippen LogP contribution in [0.25, 0.3) is 0 Å². The fraction of sp³-hybridized carbons (Fsp3) is 0.235. The van der Waals surface area contributed by atoms with Gasteiger partial charge in [-0.3, -0.25) is 9.52 Å². The van der Waals surface area contributed by atoms with Crippen LogP contribution in [0.2, 0.25) is 0 Å². The first-order valence-corrected chi connectivity index (χ1v) is 9.08. The molecule has 0 radical (unpaired) electrons. The summed E-state index contributed by atoms with van der Waals surface area (Å²) in [4.78, 5) is 13.2. The molecule has 0 saturated carbocycles. The van der Waals surface area contributed by atoms with Crippen LogP contribution in [0, 0.1) is 11.6 Å². The van der Waals surface area contributed by atoms with Gasteiger partial charge in [-0.15, -0.1) is 0 Å². The first-order valence-electron chi connectivity index (χ1n) is 7.60. The maximum atomic E-state index is 13.7. The highest BCUT2D eigenvalue weighted by molar-refractivity contribution is 7.92. The van der Waals surface area contributed by atoms with E-state index in [9.17, 15) is 22.0 Å². The van der Waals surface area contributed by atoms with Gasteiger partial charge in [-0.05, 0) is 49.2 Å². The van der Waals surface area contributed by atoms with Gasteiger partial charge in [0.05, 0.1) is 4.90 Å². The molecule has 1 atom stereocenters. The number of fused-ring (bicyclic) bond motifs is 1. The predicted molar refractivity (Wildman–Crippen MR) is 89.9 cm³/mol. The Balaban J connectivity index is 1.98. The first-order chi connectivity index (χ1) is 11.7. The number of para-hydroxylation sites is 1. The molecule has 1 heterocycles. The fourth-order valence-corrected chi connectivity index (χ4v) is 4.17. The topological polar surface area (TPSA) is 66.5 Å². The second-order valence-corrected chi connectivity index (χ2v) is 7.62. The van der Waals surface area contributed by atoms with Gasteiger partial charge in [-0.25, -0.2) is 17.2 Å². The van der Waals surface area contributed by atoms with Crippen LogP contribution in [0.1, 0.15) is 19.4 Å². The van der Waals surface area contributed by atoms with Crippen LogP contribution in [0.3, 0.4) is 0 Å². The van der Waals surface area contributed by atoms with Crippen LogP contribution >= 0.6 is 0 Å². The van der Waals surface area contributed by atoms with Crippen molar-refractivity contribution in [3.8, 4) is 0 Å². The molecule has 2 aromatic rings. The van der Waals surface area contributed by atoms with Gasteiger partial charge in [0, 0.05) is 18.7 Å². The van der Waals surface area contributed by atoms with Gasteiger partial charge in [-0.2, -0.15) is 0 Å². The Kier molecular flexibility index (Phi) is 4.24. The number of nitrogens with one attached hydrogen (secondary N) is 1. The van der Waals surface area contributed by atoms with E-state index in [4.69, 9.17) is 0 Å². The average molecular weight is 366 g/mol. The number of anilines is 2. The molecule has 2 aromatic carbocycles. The van der Waals surface area contributed by atoms with Gasteiger partial charge >= 0.3 is 0 Å². The highest BCUT2D eigenvalue weighted by atomic mass is 32.2. The number of nitrogens with zero attached hydrogens (tertiary/aromatic N) is 1. The van der Waals surface area contributed by atoms with Crippen LogP contribution in [0.5, 0.6) is 0 Å². The molecule has 0 fully saturated rings. The molecule has 3 rings (SSSR count). The number of sulfonamides is 1. The van der Waals surface area contributed by atoms with Crippen molar-refractivity contribution in [2.24, 2.45) is 0 Å². The summed E-state index contributed by atoms with van der Waals surface area (Å²) in [5, 5.41) is 0. The molecule has 1 aliphatic heterocycles.